The van der Waals surface area contributed by atoms with Crippen LogP contribution in [0.15, 0.2) is 25.3 Å². The van der Waals surface area contributed by atoms with Crippen LogP contribution in [0.1, 0.15) is 12.8 Å². The fraction of sp³-hybridized carbons (Fsp3) is 0.400. The van der Waals surface area contributed by atoms with Crippen molar-refractivity contribution >= 4 is 11.9 Å². The lowest BCUT2D eigenvalue weighted by Gasteiger charge is -2.29. The van der Waals surface area contributed by atoms with Gasteiger partial charge in [-0.15, -0.1) is 4.81 Å². The van der Waals surface area contributed by atoms with Crippen LogP contribution in [0.4, 0.5) is 0 Å². The van der Waals surface area contributed by atoms with Crippen molar-refractivity contribution in [2.45, 2.75) is 12.8 Å². The predicted molar refractivity (Wildman–Crippen MR) is 55.9 cm³/mol. The Bertz CT molecular complexity index is 285. The Morgan fingerprint density at radius 1 is 1.31 bits per heavy atom. The molecule has 90 valence electrons. The van der Waals surface area contributed by atoms with Gasteiger partial charge in [-0.3, -0.25) is 0 Å². The number of amides is 1. The summed E-state index contributed by atoms with van der Waals surface area (Å²) < 4.78 is 4.64. The summed E-state index contributed by atoms with van der Waals surface area (Å²) in [6.45, 7) is 6.13. The molecule has 0 aliphatic carbocycles. The largest absolute Gasteiger partial charge is 0.591 e. The van der Waals surface area contributed by atoms with E-state index in [-0.39, 0.29) is 19.6 Å². The SMILES string of the molecule is C=CC(=O)OCCCC[N+]([O-])(O)C(=O)C=C. The van der Waals surface area contributed by atoms with E-state index in [0.29, 0.717) is 6.42 Å². The summed E-state index contributed by atoms with van der Waals surface area (Å²) in [5.74, 6) is -1.56. The van der Waals surface area contributed by atoms with Gasteiger partial charge in [0.05, 0.1) is 6.61 Å². The zero-order chi connectivity index (χ0) is 12.6. The summed E-state index contributed by atoms with van der Waals surface area (Å²) in [5, 5.41) is 20.2. The Balaban J connectivity index is 3.73. The lowest BCUT2D eigenvalue weighted by molar-refractivity contribution is -0.997. The van der Waals surface area contributed by atoms with Gasteiger partial charge in [-0.1, -0.05) is 13.2 Å². The van der Waals surface area contributed by atoms with Gasteiger partial charge < -0.3 is 9.94 Å². The minimum atomic E-state index is -1.97. The maximum absolute atomic E-state index is 11.1. The van der Waals surface area contributed by atoms with Crippen LogP contribution in [-0.4, -0.2) is 35.0 Å². The molecule has 0 radical (unpaired) electrons. The average Bonchev–Trinajstić information content (AvgIpc) is 2.26. The molecule has 16 heavy (non-hydrogen) atoms. The van der Waals surface area contributed by atoms with Crippen LogP contribution in [0.2, 0.25) is 0 Å². The molecule has 1 N–H and O–H groups in total. The molecular formula is C10H15NO5. The minimum Gasteiger partial charge on any atom is -0.591 e. The summed E-state index contributed by atoms with van der Waals surface area (Å²) in [5.41, 5.74) is 0. The molecule has 1 amide bonds. The fourth-order valence-electron chi connectivity index (χ4n) is 0.913. The zero-order valence-corrected chi connectivity index (χ0v) is 8.92. The highest BCUT2D eigenvalue weighted by atomic mass is 16.8. The molecule has 0 spiro atoms. The number of quaternary nitrogens is 1. The summed E-state index contributed by atoms with van der Waals surface area (Å²) in [7, 11) is 0. The van der Waals surface area contributed by atoms with Gasteiger partial charge >= 0.3 is 11.9 Å². The van der Waals surface area contributed by atoms with Gasteiger partial charge in [0.1, 0.15) is 6.54 Å². The second-order valence-corrected chi connectivity index (χ2v) is 3.05. The molecular weight excluding hydrogens is 214 g/mol. The molecule has 6 heteroatoms. The van der Waals surface area contributed by atoms with E-state index >= 15 is 0 Å². The van der Waals surface area contributed by atoms with Gasteiger partial charge in [0, 0.05) is 18.6 Å². The van der Waals surface area contributed by atoms with Crippen molar-refractivity contribution in [2.75, 3.05) is 13.2 Å². The molecule has 6 nitrogen and oxygen atoms in total. The van der Waals surface area contributed by atoms with Crippen molar-refractivity contribution in [1.82, 2.24) is 0 Å². The molecule has 1 atom stereocenters. The van der Waals surface area contributed by atoms with Crippen LogP contribution >= 0.6 is 0 Å². The molecule has 0 heterocycles. The monoisotopic (exact) mass is 229 g/mol. The third-order valence-corrected chi connectivity index (χ3v) is 1.79. The Morgan fingerprint density at radius 3 is 2.44 bits per heavy atom. The Labute approximate surface area is 93.5 Å². The predicted octanol–water partition coefficient (Wildman–Crippen LogP) is 0.912. The van der Waals surface area contributed by atoms with Gasteiger partial charge in [0.15, 0.2) is 0 Å². The summed E-state index contributed by atoms with van der Waals surface area (Å²) in [6.07, 6.45) is 2.43. The Kier molecular flexibility index (Phi) is 6.24. The van der Waals surface area contributed by atoms with E-state index in [1.165, 1.54) is 0 Å². The number of nitrogens with zero attached hydrogens (tertiary/aromatic N) is 1. The number of hydrogen-bond donors (Lipinski definition) is 1. The molecule has 0 aliphatic rings. The van der Waals surface area contributed by atoms with Crippen LogP contribution in [-0.2, 0) is 14.3 Å². The van der Waals surface area contributed by atoms with Gasteiger partial charge in [0.25, 0.3) is 0 Å². The Hall–Kier alpha value is -1.50. The third kappa shape index (κ3) is 5.40. The summed E-state index contributed by atoms with van der Waals surface area (Å²) in [6, 6.07) is 0. The first kappa shape index (κ1) is 14.5. The van der Waals surface area contributed by atoms with Crippen molar-refractivity contribution in [3.05, 3.63) is 30.5 Å². The topological polar surface area (TPSA) is 86.7 Å². The number of hydrogen-bond acceptors (Lipinski definition) is 5. The molecule has 0 aromatic rings. The normalized spacial score (nSPS) is 13.6. The number of rotatable bonds is 7. The maximum atomic E-state index is 11.1. The van der Waals surface area contributed by atoms with E-state index in [1.807, 2.05) is 0 Å². The molecule has 0 bridgehead atoms. The first-order valence-electron chi connectivity index (χ1n) is 4.72. The van der Waals surface area contributed by atoms with Crippen LogP contribution in [0.25, 0.3) is 0 Å². The van der Waals surface area contributed by atoms with Crippen molar-refractivity contribution in [3.63, 3.8) is 0 Å². The summed E-state index contributed by atoms with van der Waals surface area (Å²) >= 11 is 0. The zero-order valence-electron chi connectivity index (χ0n) is 8.92. The number of ether oxygens (including phenoxy) is 1. The fourth-order valence-corrected chi connectivity index (χ4v) is 0.913. The Morgan fingerprint density at radius 2 is 1.94 bits per heavy atom. The minimum absolute atomic E-state index is 0.118. The highest BCUT2D eigenvalue weighted by Crippen LogP contribution is 2.04. The van der Waals surface area contributed by atoms with Crippen molar-refractivity contribution in [1.29, 1.82) is 0 Å². The summed E-state index contributed by atoms with van der Waals surface area (Å²) in [4.78, 5) is 19.5. The van der Waals surface area contributed by atoms with E-state index in [1.54, 1.807) is 0 Å². The van der Waals surface area contributed by atoms with Gasteiger partial charge in [-0.2, -0.15) is 0 Å². The molecule has 0 aliphatic heterocycles. The second-order valence-electron chi connectivity index (χ2n) is 3.05. The molecule has 0 aromatic heterocycles. The van der Waals surface area contributed by atoms with Gasteiger partial charge in [-0.05, 0) is 6.42 Å². The van der Waals surface area contributed by atoms with Crippen LogP contribution in [0.3, 0.4) is 0 Å². The van der Waals surface area contributed by atoms with Crippen LogP contribution < -0.4 is 0 Å². The average molecular weight is 229 g/mol. The van der Waals surface area contributed by atoms with Gasteiger partial charge in [0.2, 0.25) is 0 Å². The first-order chi connectivity index (χ1) is 7.44. The standard InChI is InChI=1S/C10H15NO5/c1-3-9(12)11(14,15)7-5-6-8-16-10(13)4-2/h3-4,14H,1-2,5-8H2. The molecule has 0 rings (SSSR count). The smallest absolute Gasteiger partial charge is 0.370 e. The molecule has 1 unspecified atom stereocenters. The third-order valence-electron chi connectivity index (χ3n) is 1.79. The van der Waals surface area contributed by atoms with E-state index < -0.39 is 16.7 Å². The molecule has 0 saturated heterocycles. The number of carbonyl (C=O) groups excluding carboxylic acids is 2. The first-order valence-corrected chi connectivity index (χ1v) is 4.72. The van der Waals surface area contributed by atoms with E-state index in [4.69, 9.17) is 5.21 Å². The number of unbranched alkanes of at least 4 members (excludes halogenated alkanes) is 1. The molecule has 0 fully saturated rings. The van der Waals surface area contributed by atoms with Crippen molar-refractivity contribution in [3.8, 4) is 0 Å². The number of carbonyl (C=O) groups is 2. The maximum Gasteiger partial charge on any atom is 0.370 e. The lowest BCUT2D eigenvalue weighted by atomic mass is 10.3. The van der Waals surface area contributed by atoms with Gasteiger partial charge in [-0.25, -0.2) is 14.8 Å². The van der Waals surface area contributed by atoms with Crippen LogP contribution in [0, 0.1) is 5.21 Å². The number of hydroxylamine groups is 4. The number of esters is 1. The lowest BCUT2D eigenvalue weighted by Crippen LogP contribution is -2.44. The van der Waals surface area contributed by atoms with Crippen molar-refractivity contribution in [2.24, 2.45) is 0 Å². The van der Waals surface area contributed by atoms with E-state index in [0.717, 1.165) is 12.2 Å². The van der Waals surface area contributed by atoms with E-state index in [9.17, 15) is 14.8 Å². The van der Waals surface area contributed by atoms with E-state index in [2.05, 4.69) is 17.9 Å². The molecule has 0 saturated carbocycles. The quantitative estimate of drug-likeness (QED) is 0.175. The highest BCUT2D eigenvalue weighted by Gasteiger charge is 2.21. The molecule has 0 aromatic carbocycles. The second kappa shape index (κ2) is 6.89. The van der Waals surface area contributed by atoms with Crippen LogP contribution in [0.5, 0.6) is 0 Å². The van der Waals surface area contributed by atoms with Crippen molar-refractivity contribution < 1.29 is 24.3 Å². The highest BCUT2D eigenvalue weighted by molar-refractivity contribution is 5.81.